The molecule has 0 heterocycles. The Kier molecular flexibility index (Phi) is 5.82. The highest BCUT2D eigenvalue weighted by atomic mass is 35.5. The summed E-state index contributed by atoms with van der Waals surface area (Å²) in [4.78, 5) is 10.9. The van der Waals surface area contributed by atoms with E-state index in [0.29, 0.717) is 12.3 Å². The van der Waals surface area contributed by atoms with E-state index in [1.165, 1.54) is 11.1 Å². The van der Waals surface area contributed by atoms with E-state index in [4.69, 9.17) is 11.6 Å². The Labute approximate surface area is 125 Å². The van der Waals surface area contributed by atoms with Gasteiger partial charge in [-0.25, -0.2) is 0 Å². The normalized spacial score (nSPS) is 12.1. The van der Waals surface area contributed by atoms with Gasteiger partial charge in [-0.1, -0.05) is 60.7 Å². The van der Waals surface area contributed by atoms with Crippen LogP contribution in [0.2, 0.25) is 0 Å². The molecule has 20 heavy (non-hydrogen) atoms. The molecule has 0 aliphatic rings. The second-order valence-electron chi connectivity index (χ2n) is 5.04. The zero-order valence-corrected chi connectivity index (χ0v) is 12.2. The van der Waals surface area contributed by atoms with E-state index in [9.17, 15) is 4.79 Å². The summed E-state index contributed by atoms with van der Waals surface area (Å²) in [5.74, 6) is 0.439. The molecule has 1 nitrogen and oxygen atoms in total. The minimum Gasteiger partial charge on any atom is -0.281 e. The molecule has 0 spiro atoms. The fourth-order valence-corrected chi connectivity index (χ4v) is 2.63. The van der Waals surface area contributed by atoms with Gasteiger partial charge in [-0.15, -0.1) is 0 Å². The molecule has 0 bridgehead atoms. The molecule has 0 radical (unpaired) electrons. The highest BCUT2D eigenvalue weighted by Crippen LogP contribution is 2.26. The Morgan fingerprint density at radius 2 is 1.55 bits per heavy atom. The first kappa shape index (κ1) is 14.8. The maximum absolute atomic E-state index is 10.9. The van der Waals surface area contributed by atoms with Gasteiger partial charge in [-0.3, -0.25) is 4.79 Å². The van der Waals surface area contributed by atoms with Gasteiger partial charge in [0.2, 0.25) is 5.24 Å². The van der Waals surface area contributed by atoms with Crippen molar-refractivity contribution >= 4 is 16.8 Å². The summed E-state index contributed by atoms with van der Waals surface area (Å²) < 4.78 is 0. The van der Waals surface area contributed by atoms with Gasteiger partial charge in [0.25, 0.3) is 0 Å². The first-order valence-electron chi connectivity index (χ1n) is 7.03. The summed E-state index contributed by atoms with van der Waals surface area (Å²) in [7, 11) is 0. The highest BCUT2D eigenvalue weighted by molar-refractivity contribution is 6.63. The van der Waals surface area contributed by atoms with Crippen LogP contribution in [0.25, 0.3) is 0 Å². The molecule has 104 valence electrons. The van der Waals surface area contributed by atoms with Crippen LogP contribution in [0.4, 0.5) is 0 Å². The van der Waals surface area contributed by atoms with E-state index < -0.39 is 0 Å². The van der Waals surface area contributed by atoms with Crippen molar-refractivity contribution in [2.75, 3.05) is 0 Å². The highest BCUT2D eigenvalue weighted by Gasteiger charge is 2.12. The van der Waals surface area contributed by atoms with Gasteiger partial charge in [0, 0.05) is 6.42 Å². The standard InChI is InChI=1S/C18H19ClO/c19-18(20)13-7-12-17(16-10-5-2-6-11-16)14-15-8-3-1-4-9-15/h1-6,8-11,17H,7,12-14H2. The Bertz CT molecular complexity index is 522. The summed E-state index contributed by atoms with van der Waals surface area (Å²) in [6.07, 6.45) is 3.28. The van der Waals surface area contributed by atoms with Crippen molar-refractivity contribution in [1.82, 2.24) is 0 Å². The molecule has 0 aromatic heterocycles. The van der Waals surface area contributed by atoms with Crippen molar-refractivity contribution in [1.29, 1.82) is 0 Å². The van der Waals surface area contributed by atoms with Crippen molar-refractivity contribution in [2.45, 2.75) is 31.6 Å². The average Bonchev–Trinajstić information content (AvgIpc) is 2.48. The summed E-state index contributed by atoms with van der Waals surface area (Å²) in [5, 5.41) is -0.239. The third-order valence-electron chi connectivity index (χ3n) is 3.52. The van der Waals surface area contributed by atoms with E-state index in [1.807, 2.05) is 12.1 Å². The maximum atomic E-state index is 10.9. The summed E-state index contributed by atoms with van der Waals surface area (Å²) in [6.45, 7) is 0. The van der Waals surface area contributed by atoms with Crippen LogP contribution in [0.3, 0.4) is 0 Å². The molecule has 2 aromatic carbocycles. The van der Waals surface area contributed by atoms with Crippen LogP contribution in [0.1, 0.15) is 36.3 Å². The van der Waals surface area contributed by atoms with E-state index in [2.05, 4.69) is 48.5 Å². The van der Waals surface area contributed by atoms with Crippen molar-refractivity contribution in [3.05, 3.63) is 71.8 Å². The van der Waals surface area contributed by atoms with E-state index in [-0.39, 0.29) is 5.24 Å². The predicted octanol–water partition coefficient (Wildman–Crippen LogP) is 4.95. The third kappa shape index (κ3) is 4.82. The molecule has 1 unspecified atom stereocenters. The fraction of sp³-hybridized carbons (Fsp3) is 0.278. The van der Waals surface area contributed by atoms with Gasteiger partial charge in [0.05, 0.1) is 0 Å². The van der Waals surface area contributed by atoms with Crippen molar-refractivity contribution < 1.29 is 4.79 Å². The molecule has 0 amide bonds. The topological polar surface area (TPSA) is 17.1 Å². The molecule has 0 N–H and O–H groups in total. The van der Waals surface area contributed by atoms with Gasteiger partial charge >= 0.3 is 0 Å². The van der Waals surface area contributed by atoms with Gasteiger partial charge < -0.3 is 0 Å². The Morgan fingerprint density at radius 1 is 0.950 bits per heavy atom. The number of hydrogen-bond acceptors (Lipinski definition) is 1. The molecule has 2 rings (SSSR count). The van der Waals surface area contributed by atoms with E-state index in [0.717, 1.165) is 19.3 Å². The van der Waals surface area contributed by atoms with Crippen molar-refractivity contribution in [3.63, 3.8) is 0 Å². The lowest BCUT2D eigenvalue weighted by Gasteiger charge is -2.17. The smallest absolute Gasteiger partial charge is 0.221 e. The van der Waals surface area contributed by atoms with Gasteiger partial charge in [0.15, 0.2) is 0 Å². The molecular weight excluding hydrogens is 268 g/mol. The number of carbonyl (C=O) groups is 1. The van der Waals surface area contributed by atoms with Crippen LogP contribution in [-0.2, 0) is 11.2 Å². The first-order chi connectivity index (χ1) is 9.75. The monoisotopic (exact) mass is 286 g/mol. The van der Waals surface area contributed by atoms with Crippen LogP contribution in [0, 0.1) is 0 Å². The lowest BCUT2D eigenvalue weighted by atomic mass is 9.88. The van der Waals surface area contributed by atoms with Crippen LogP contribution in [-0.4, -0.2) is 5.24 Å². The number of benzene rings is 2. The second-order valence-corrected chi connectivity index (χ2v) is 5.47. The lowest BCUT2D eigenvalue weighted by molar-refractivity contribution is -0.111. The Hall–Kier alpha value is -1.60. The molecule has 0 saturated carbocycles. The van der Waals surface area contributed by atoms with E-state index >= 15 is 0 Å². The number of halogens is 1. The largest absolute Gasteiger partial charge is 0.281 e. The van der Waals surface area contributed by atoms with E-state index in [1.54, 1.807) is 0 Å². The number of carbonyl (C=O) groups excluding carboxylic acids is 1. The van der Waals surface area contributed by atoms with Crippen LogP contribution < -0.4 is 0 Å². The SMILES string of the molecule is O=C(Cl)CCCC(Cc1ccccc1)c1ccccc1. The Morgan fingerprint density at radius 3 is 2.15 bits per heavy atom. The quantitative estimate of drug-likeness (QED) is 0.658. The minimum atomic E-state index is -0.239. The van der Waals surface area contributed by atoms with Crippen LogP contribution >= 0.6 is 11.6 Å². The van der Waals surface area contributed by atoms with Crippen LogP contribution in [0.15, 0.2) is 60.7 Å². The van der Waals surface area contributed by atoms with Gasteiger partial charge in [-0.2, -0.15) is 0 Å². The van der Waals surface area contributed by atoms with Gasteiger partial charge in [-0.05, 0) is 47.9 Å². The van der Waals surface area contributed by atoms with Gasteiger partial charge in [0.1, 0.15) is 0 Å². The molecule has 0 aliphatic heterocycles. The predicted molar refractivity (Wildman–Crippen MR) is 84.0 cm³/mol. The van der Waals surface area contributed by atoms with Crippen molar-refractivity contribution in [2.24, 2.45) is 0 Å². The zero-order valence-electron chi connectivity index (χ0n) is 11.5. The first-order valence-corrected chi connectivity index (χ1v) is 7.40. The number of rotatable bonds is 7. The second kappa shape index (κ2) is 7.86. The molecule has 2 aromatic rings. The molecule has 0 aliphatic carbocycles. The molecule has 0 fully saturated rings. The Balaban J connectivity index is 2.06. The lowest BCUT2D eigenvalue weighted by Crippen LogP contribution is -2.04. The van der Waals surface area contributed by atoms with Crippen LogP contribution in [0.5, 0.6) is 0 Å². The number of hydrogen-bond donors (Lipinski definition) is 0. The summed E-state index contributed by atoms with van der Waals surface area (Å²) in [5.41, 5.74) is 2.66. The molecule has 0 saturated heterocycles. The molecular formula is C18H19ClO. The molecule has 1 atom stereocenters. The maximum Gasteiger partial charge on any atom is 0.221 e. The summed E-state index contributed by atoms with van der Waals surface area (Å²) >= 11 is 5.43. The minimum absolute atomic E-state index is 0.239. The summed E-state index contributed by atoms with van der Waals surface area (Å²) in [6, 6.07) is 21.0. The molecule has 2 heteroatoms. The third-order valence-corrected chi connectivity index (χ3v) is 3.71. The fourth-order valence-electron chi connectivity index (χ4n) is 2.50. The van der Waals surface area contributed by atoms with Crippen molar-refractivity contribution in [3.8, 4) is 0 Å². The average molecular weight is 287 g/mol. The zero-order chi connectivity index (χ0) is 14.2.